The molecule has 178 valence electrons. The number of hydrogen-bond acceptors (Lipinski definition) is 2. The van der Waals surface area contributed by atoms with Crippen LogP contribution in [0.2, 0.25) is 0 Å². The van der Waals surface area contributed by atoms with Crippen LogP contribution in [0.5, 0.6) is 0 Å². The van der Waals surface area contributed by atoms with Crippen LogP contribution in [-0.4, -0.2) is 13.8 Å². The van der Waals surface area contributed by atoms with E-state index in [1.807, 2.05) is 33.2 Å². The van der Waals surface area contributed by atoms with Crippen molar-refractivity contribution in [1.29, 1.82) is 0 Å². The molecule has 4 aromatic carbocycles. The largest absolute Gasteiger partial charge is 0.392 e. The average Bonchev–Trinajstić information content (AvgIpc) is 2.90. The molecule has 0 aromatic heterocycles. The van der Waals surface area contributed by atoms with Crippen molar-refractivity contribution >= 4 is 39.5 Å². The van der Waals surface area contributed by atoms with Crippen LogP contribution in [0.25, 0.3) is 43.9 Å². The molecule has 0 radical (unpaired) electrons. The monoisotopic (exact) mass is 468 g/mol. The van der Waals surface area contributed by atoms with Crippen molar-refractivity contribution < 1.29 is 0 Å². The molecule has 0 fully saturated rings. The molecule has 0 bridgehead atoms. The molecule has 4 rings (SSSR count). The van der Waals surface area contributed by atoms with Gasteiger partial charge in [-0.05, 0) is 76.0 Å². The maximum atomic E-state index is 4.51. The lowest BCUT2D eigenvalue weighted by molar-refractivity contribution is 1.10. The van der Waals surface area contributed by atoms with Gasteiger partial charge in [0.2, 0.25) is 0 Å². The summed E-state index contributed by atoms with van der Waals surface area (Å²) in [5.41, 5.74) is 8.42. The number of allylic oxidation sites excluding steroid dienone is 6. The van der Waals surface area contributed by atoms with Gasteiger partial charge in [0.1, 0.15) is 0 Å². The summed E-state index contributed by atoms with van der Waals surface area (Å²) in [4.78, 5) is 4.15. The number of nitrogens with one attached hydrogen (secondary N) is 1. The van der Waals surface area contributed by atoms with Gasteiger partial charge in [-0.25, -0.2) is 0 Å². The molecule has 0 aliphatic heterocycles. The molecule has 0 aliphatic carbocycles. The second-order valence-electron chi connectivity index (χ2n) is 8.80. The number of aliphatic imine (C=N–C) groups is 1. The summed E-state index contributed by atoms with van der Waals surface area (Å²) < 4.78 is 0. The molecule has 0 aliphatic rings. The Morgan fingerprint density at radius 3 is 1.86 bits per heavy atom. The molecule has 0 spiro atoms. The first-order chi connectivity index (χ1) is 17.5. The van der Waals surface area contributed by atoms with E-state index in [-0.39, 0.29) is 0 Å². The molecule has 0 saturated heterocycles. The summed E-state index contributed by atoms with van der Waals surface area (Å²) >= 11 is 0. The third-order valence-corrected chi connectivity index (χ3v) is 6.34. The Hall–Kier alpha value is -4.43. The summed E-state index contributed by atoms with van der Waals surface area (Å²) in [6.45, 7) is 16.4. The van der Waals surface area contributed by atoms with Gasteiger partial charge in [0.05, 0.1) is 5.70 Å². The third-order valence-electron chi connectivity index (χ3n) is 6.34. The zero-order chi connectivity index (χ0) is 25.7. The second-order valence-corrected chi connectivity index (χ2v) is 8.80. The minimum atomic E-state index is 0.812. The molecule has 0 heterocycles. The average molecular weight is 469 g/mol. The van der Waals surface area contributed by atoms with Crippen LogP contribution >= 0.6 is 0 Å². The van der Waals surface area contributed by atoms with Gasteiger partial charge in [0, 0.05) is 18.8 Å². The SMILES string of the molecule is C=N/C(=C\NC)c1ccc(-c2c3ccccc3c(C(=C)/C=C(/C=C\C)C(=C)C)c3ccccc23)cc1. The number of rotatable bonds is 8. The Bertz CT molecular complexity index is 1500. The van der Waals surface area contributed by atoms with E-state index in [0.29, 0.717) is 0 Å². The lowest BCUT2D eigenvalue weighted by Gasteiger charge is -2.18. The molecule has 36 heavy (non-hydrogen) atoms. The molecule has 2 heteroatoms. The lowest BCUT2D eigenvalue weighted by atomic mass is 9.85. The highest BCUT2D eigenvalue weighted by atomic mass is 14.8. The fourth-order valence-corrected chi connectivity index (χ4v) is 4.70. The number of fused-ring (bicyclic) bond motifs is 2. The first-order valence-electron chi connectivity index (χ1n) is 12.1. The smallest absolute Gasteiger partial charge is 0.0851 e. The second kappa shape index (κ2) is 10.9. The van der Waals surface area contributed by atoms with Gasteiger partial charge >= 0.3 is 0 Å². The lowest BCUT2D eigenvalue weighted by Crippen LogP contribution is -1.95. The Morgan fingerprint density at radius 2 is 1.39 bits per heavy atom. The van der Waals surface area contributed by atoms with Crippen LogP contribution in [0.3, 0.4) is 0 Å². The quantitative estimate of drug-likeness (QED) is 0.156. The Morgan fingerprint density at radius 1 is 0.833 bits per heavy atom. The van der Waals surface area contributed by atoms with Gasteiger partial charge in [0.15, 0.2) is 0 Å². The van der Waals surface area contributed by atoms with E-state index in [2.05, 4.69) is 115 Å². The fourth-order valence-electron chi connectivity index (χ4n) is 4.70. The van der Waals surface area contributed by atoms with E-state index in [1.165, 1.54) is 27.1 Å². The minimum Gasteiger partial charge on any atom is -0.392 e. The van der Waals surface area contributed by atoms with Crippen molar-refractivity contribution in [2.45, 2.75) is 13.8 Å². The van der Waals surface area contributed by atoms with Crippen LogP contribution in [-0.2, 0) is 0 Å². The molecule has 0 amide bonds. The summed E-state index contributed by atoms with van der Waals surface area (Å²) in [6.07, 6.45) is 8.12. The summed E-state index contributed by atoms with van der Waals surface area (Å²) in [6, 6.07) is 25.7. The normalized spacial score (nSPS) is 12.3. The Labute approximate surface area is 214 Å². The Kier molecular flexibility index (Phi) is 7.46. The van der Waals surface area contributed by atoms with Crippen molar-refractivity contribution in [3.05, 3.63) is 133 Å². The van der Waals surface area contributed by atoms with E-state index in [0.717, 1.165) is 39.1 Å². The molecule has 2 nitrogen and oxygen atoms in total. The van der Waals surface area contributed by atoms with E-state index < -0.39 is 0 Å². The van der Waals surface area contributed by atoms with Gasteiger partial charge in [0.25, 0.3) is 0 Å². The van der Waals surface area contributed by atoms with Crippen molar-refractivity contribution in [3.8, 4) is 11.1 Å². The predicted octanol–water partition coefficient (Wildman–Crippen LogP) is 8.97. The molecule has 0 unspecified atom stereocenters. The van der Waals surface area contributed by atoms with Crippen molar-refractivity contribution in [3.63, 3.8) is 0 Å². The van der Waals surface area contributed by atoms with Crippen molar-refractivity contribution in [1.82, 2.24) is 5.32 Å². The first kappa shape index (κ1) is 24.7. The first-order valence-corrected chi connectivity index (χ1v) is 12.1. The molecule has 1 N–H and O–H groups in total. The van der Waals surface area contributed by atoms with E-state index in [1.54, 1.807) is 0 Å². The summed E-state index contributed by atoms with van der Waals surface area (Å²) in [5.74, 6) is 0. The van der Waals surface area contributed by atoms with Gasteiger partial charge in [-0.15, -0.1) is 0 Å². The van der Waals surface area contributed by atoms with Crippen LogP contribution in [0.1, 0.15) is 25.0 Å². The summed E-state index contributed by atoms with van der Waals surface area (Å²) in [7, 11) is 1.86. The standard InChI is InChI=1S/C34H32N2/c1-7-12-27(23(2)3)21-24(4)33-28-13-8-10-15-30(28)34(31-16-11-9-14-29(31)33)26-19-17-25(18-20-26)32(36-6)22-35-5/h7-22,35H,2,4,6H2,1,3,5H3/b12-7-,27-21-,32-22-. The molecule has 4 aromatic rings. The fraction of sp³-hybridized carbons (Fsp3) is 0.0882. The van der Waals surface area contributed by atoms with Crippen LogP contribution in [0.15, 0.2) is 127 Å². The number of nitrogens with zero attached hydrogens (tertiary/aromatic N) is 1. The Balaban J connectivity index is 2.00. The summed E-state index contributed by atoms with van der Waals surface area (Å²) in [5, 5.41) is 7.80. The highest BCUT2D eigenvalue weighted by Gasteiger charge is 2.16. The van der Waals surface area contributed by atoms with Gasteiger partial charge in [-0.2, -0.15) is 0 Å². The molecular weight excluding hydrogens is 436 g/mol. The van der Waals surface area contributed by atoms with Crippen molar-refractivity contribution in [2.24, 2.45) is 4.99 Å². The maximum absolute atomic E-state index is 4.51. The van der Waals surface area contributed by atoms with E-state index >= 15 is 0 Å². The maximum Gasteiger partial charge on any atom is 0.0851 e. The zero-order valence-electron chi connectivity index (χ0n) is 21.3. The molecule has 0 atom stereocenters. The van der Waals surface area contributed by atoms with Gasteiger partial charge in [-0.3, -0.25) is 4.99 Å². The van der Waals surface area contributed by atoms with Gasteiger partial charge in [-0.1, -0.05) is 104 Å². The number of hydrogen-bond donors (Lipinski definition) is 1. The van der Waals surface area contributed by atoms with Crippen LogP contribution in [0.4, 0.5) is 0 Å². The van der Waals surface area contributed by atoms with E-state index in [9.17, 15) is 0 Å². The van der Waals surface area contributed by atoms with E-state index in [4.69, 9.17) is 0 Å². The number of benzene rings is 4. The topological polar surface area (TPSA) is 24.4 Å². The highest BCUT2D eigenvalue weighted by Crippen LogP contribution is 2.42. The third kappa shape index (κ3) is 4.71. The van der Waals surface area contributed by atoms with Crippen LogP contribution in [0, 0.1) is 0 Å². The predicted molar refractivity (Wildman–Crippen MR) is 160 cm³/mol. The molecular formula is C34H32N2. The highest BCUT2D eigenvalue weighted by molar-refractivity contribution is 6.19. The molecule has 0 saturated carbocycles. The zero-order valence-corrected chi connectivity index (χ0v) is 21.3. The van der Waals surface area contributed by atoms with Crippen LogP contribution < -0.4 is 5.32 Å². The minimum absolute atomic E-state index is 0.812. The van der Waals surface area contributed by atoms with Crippen molar-refractivity contribution in [2.75, 3.05) is 7.05 Å². The van der Waals surface area contributed by atoms with Gasteiger partial charge < -0.3 is 5.32 Å².